The van der Waals surface area contributed by atoms with Crippen molar-refractivity contribution in [2.24, 2.45) is 0 Å². The number of ether oxygens (including phenoxy) is 1. The Balaban J connectivity index is 1.50. The van der Waals surface area contributed by atoms with Crippen molar-refractivity contribution < 1.29 is 13.6 Å². The van der Waals surface area contributed by atoms with Gasteiger partial charge in [0.05, 0.1) is 30.8 Å². The molecule has 0 fully saturated rings. The van der Waals surface area contributed by atoms with Crippen molar-refractivity contribution in [2.75, 3.05) is 18.6 Å². The van der Waals surface area contributed by atoms with E-state index in [4.69, 9.17) is 9.16 Å². The van der Waals surface area contributed by atoms with Crippen molar-refractivity contribution in [3.8, 4) is 22.9 Å². The van der Waals surface area contributed by atoms with E-state index < -0.39 is 8.32 Å². The lowest BCUT2D eigenvalue weighted by Gasteiger charge is -2.36. The summed E-state index contributed by atoms with van der Waals surface area (Å²) in [6.07, 6.45) is 5.69. The van der Waals surface area contributed by atoms with Gasteiger partial charge in [0.1, 0.15) is 17.6 Å². The fourth-order valence-corrected chi connectivity index (χ4v) is 5.24. The molecule has 8 nitrogen and oxygen atoms in total. The van der Waals surface area contributed by atoms with Crippen LogP contribution in [-0.4, -0.2) is 41.3 Å². The minimum Gasteiger partial charge on any atom is -0.493 e. The Bertz CT molecular complexity index is 1550. The van der Waals surface area contributed by atoms with E-state index in [2.05, 4.69) is 54.9 Å². The molecular weight excluding hydrogens is 499 g/mol. The average Bonchev–Trinajstić information content (AvgIpc) is 3.53. The number of fused-ring (bicyclic) bond motifs is 2. The molecule has 5 rings (SSSR count). The molecule has 0 atom stereocenters. The van der Waals surface area contributed by atoms with Crippen LogP contribution in [-0.2, 0) is 17.5 Å². The summed E-state index contributed by atoms with van der Waals surface area (Å²) < 4.78 is 28.7. The number of halogens is 1. The zero-order valence-corrected chi connectivity index (χ0v) is 23.5. The van der Waals surface area contributed by atoms with Gasteiger partial charge >= 0.3 is 0 Å². The highest BCUT2D eigenvalue weighted by Crippen LogP contribution is 2.39. The maximum Gasteiger partial charge on any atom is 0.215 e. The van der Waals surface area contributed by atoms with Crippen molar-refractivity contribution in [3.63, 3.8) is 0 Å². The molecule has 0 bridgehead atoms. The molecule has 1 aliphatic heterocycles. The third kappa shape index (κ3) is 4.52. The van der Waals surface area contributed by atoms with Crippen LogP contribution in [0.1, 0.15) is 37.7 Å². The normalized spacial score (nSPS) is 13.3. The number of nitrogens with zero attached hydrogens (tertiary/aromatic N) is 6. The molecular formula is C28H31FN6O2Si. The molecule has 38 heavy (non-hydrogen) atoms. The molecule has 0 radical (unpaired) electrons. The Morgan fingerprint density at radius 3 is 2.66 bits per heavy atom. The average molecular weight is 531 g/mol. The van der Waals surface area contributed by atoms with Crippen molar-refractivity contribution >= 4 is 25.6 Å². The second-order valence-electron chi connectivity index (χ2n) is 11.0. The number of rotatable bonds is 6. The van der Waals surface area contributed by atoms with E-state index >= 15 is 4.39 Å². The maximum atomic E-state index is 15.0. The second-order valence-corrected chi connectivity index (χ2v) is 15.8. The Morgan fingerprint density at radius 1 is 1.18 bits per heavy atom. The molecule has 4 aromatic rings. The van der Waals surface area contributed by atoms with Crippen molar-refractivity contribution in [1.29, 1.82) is 5.26 Å². The maximum absolute atomic E-state index is 15.0. The Kier molecular flexibility index (Phi) is 6.45. The molecule has 0 unspecified atom stereocenters. The van der Waals surface area contributed by atoms with E-state index in [0.29, 0.717) is 42.7 Å². The van der Waals surface area contributed by atoms with Crippen LogP contribution in [0.15, 0.2) is 42.9 Å². The molecule has 0 amide bonds. The second kappa shape index (κ2) is 9.49. The van der Waals surface area contributed by atoms with Crippen molar-refractivity contribution in [1.82, 2.24) is 19.4 Å². The largest absolute Gasteiger partial charge is 0.493 e. The molecule has 4 heterocycles. The molecule has 0 spiro atoms. The minimum atomic E-state index is -1.89. The summed E-state index contributed by atoms with van der Waals surface area (Å²) in [5.74, 6) is 0.744. The third-order valence-corrected chi connectivity index (χ3v) is 12.0. The molecule has 0 aliphatic carbocycles. The van der Waals surface area contributed by atoms with Crippen LogP contribution in [0.2, 0.25) is 18.1 Å². The van der Waals surface area contributed by atoms with Gasteiger partial charge in [-0.25, -0.2) is 14.4 Å². The number of hydrogen-bond donors (Lipinski definition) is 0. The van der Waals surface area contributed by atoms with E-state index in [-0.39, 0.29) is 16.5 Å². The van der Waals surface area contributed by atoms with Crippen LogP contribution in [0.3, 0.4) is 0 Å². The Hall–Kier alpha value is -3.81. The molecule has 10 heteroatoms. The molecule has 0 saturated heterocycles. The quantitative estimate of drug-likeness (QED) is 0.281. The lowest BCUT2D eigenvalue weighted by molar-refractivity contribution is 0.272. The van der Waals surface area contributed by atoms with Crippen LogP contribution in [0.5, 0.6) is 5.75 Å². The zero-order chi connectivity index (χ0) is 27.2. The Labute approximate surface area is 222 Å². The van der Waals surface area contributed by atoms with Gasteiger partial charge in [0.15, 0.2) is 19.7 Å². The summed E-state index contributed by atoms with van der Waals surface area (Å²) in [6.45, 7) is 12.0. The third-order valence-electron chi connectivity index (χ3n) is 7.54. The Morgan fingerprint density at radius 2 is 1.97 bits per heavy atom. The summed E-state index contributed by atoms with van der Waals surface area (Å²) in [7, 11) is -0.139. The van der Waals surface area contributed by atoms with E-state index in [9.17, 15) is 5.26 Å². The van der Waals surface area contributed by atoms with Gasteiger partial charge in [-0.15, -0.1) is 0 Å². The number of benzene rings is 1. The number of anilines is 2. The number of aromatic nitrogens is 4. The highest BCUT2D eigenvalue weighted by Gasteiger charge is 2.37. The van der Waals surface area contributed by atoms with Gasteiger partial charge in [0, 0.05) is 42.6 Å². The number of imidazole rings is 1. The number of hydrogen-bond acceptors (Lipinski definition) is 7. The molecule has 3 aromatic heterocycles. The first-order valence-corrected chi connectivity index (χ1v) is 15.5. The summed E-state index contributed by atoms with van der Waals surface area (Å²) >= 11 is 0. The fraction of sp³-hybridized carbons (Fsp3) is 0.357. The fourth-order valence-electron chi connectivity index (χ4n) is 4.30. The first-order valence-electron chi connectivity index (χ1n) is 12.6. The summed E-state index contributed by atoms with van der Waals surface area (Å²) in [5.41, 5.74) is 4.35. The first-order chi connectivity index (χ1) is 18.0. The predicted molar refractivity (Wildman–Crippen MR) is 147 cm³/mol. The van der Waals surface area contributed by atoms with Crippen molar-refractivity contribution in [2.45, 2.75) is 51.9 Å². The van der Waals surface area contributed by atoms with Gasteiger partial charge in [-0.3, -0.25) is 9.38 Å². The predicted octanol–water partition coefficient (Wildman–Crippen LogP) is 6.03. The van der Waals surface area contributed by atoms with Crippen LogP contribution in [0, 0.1) is 17.1 Å². The number of pyridine rings is 1. The first kappa shape index (κ1) is 25.8. The van der Waals surface area contributed by atoms with E-state index in [1.165, 1.54) is 6.07 Å². The number of nitriles is 1. The SMILES string of the molecule is CN(c1c(F)ccc2c1CCO2)c1ncc(-c2ccc(CO[Si](C)(C)C(C)(C)C)nc2)c2nc(C#N)cn12. The van der Waals surface area contributed by atoms with Gasteiger partial charge in [-0.05, 0) is 36.3 Å². The molecule has 0 N–H and O–H groups in total. The molecule has 1 aliphatic rings. The van der Waals surface area contributed by atoms with E-state index in [0.717, 1.165) is 22.4 Å². The van der Waals surface area contributed by atoms with Crippen LogP contribution in [0.4, 0.5) is 16.0 Å². The van der Waals surface area contributed by atoms with Gasteiger partial charge in [0.2, 0.25) is 5.95 Å². The smallest absolute Gasteiger partial charge is 0.215 e. The zero-order valence-electron chi connectivity index (χ0n) is 22.5. The summed E-state index contributed by atoms with van der Waals surface area (Å²) in [5, 5.41) is 9.70. The highest BCUT2D eigenvalue weighted by molar-refractivity contribution is 6.74. The lowest BCUT2D eigenvalue weighted by Crippen LogP contribution is -2.40. The van der Waals surface area contributed by atoms with Gasteiger partial charge in [-0.1, -0.05) is 26.8 Å². The van der Waals surface area contributed by atoms with Crippen LogP contribution < -0.4 is 9.64 Å². The summed E-state index contributed by atoms with van der Waals surface area (Å²) in [4.78, 5) is 15.5. The minimum absolute atomic E-state index is 0.119. The molecule has 0 saturated carbocycles. The van der Waals surface area contributed by atoms with Crippen molar-refractivity contribution in [3.05, 3.63) is 65.6 Å². The molecule has 1 aromatic carbocycles. The highest BCUT2D eigenvalue weighted by atomic mass is 28.4. The van der Waals surface area contributed by atoms with E-state index in [1.54, 1.807) is 41.0 Å². The summed E-state index contributed by atoms with van der Waals surface area (Å²) in [6, 6.07) is 9.06. The molecule has 196 valence electrons. The lowest BCUT2D eigenvalue weighted by atomic mass is 10.1. The van der Waals surface area contributed by atoms with Gasteiger partial charge < -0.3 is 14.1 Å². The van der Waals surface area contributed by atoms with E-state index in [1.807, 2.05) is 12.1 Å². The van der Waals surface area contributed by atoms with Gasteiger partial charge in [0.25, 0.3) is 0 Å². The van der Waals surface area contributed by atoms with Crippen LogP contribution >= 0.6 is 0 Å². The standard InChI is InChI=1S/C28H31FN6O2Si/c1-28(2,3)38(5,6)37-17-19-8-7-18(14-31-19)22-15-32-27(35-16-20(13-30)33-26(22)35)34(4)25-21-11-12-36-24(21)10-9-23(25)29/h7-10,14-16H,11-12,17H2,1-6H3. The van der Waals surface area contributed by atoms with Gasteiger partial charge in [-0.2, -0.15) is 5.26 Å². The monoisotopic (exact) mass is 530 g/mol. The topological polar surface area (TPSA) is 88.6 Å². The van der Waals surface area contributed by atoms with Crippen LogP contribution in [0.25, 0.3) is 16.8 Å².